The maximum absolute atomic E-state index is 13.7. The Labute approximate surface area is 125 Å². The highest BCUT2D eigenvalue weighted by Gasteiger charge is 2.15. The maximum Gasteiger partial charge on any atom is 0.165 e. The largest absolute Gasteiger partial charge is 0.507 e. The average Bonchev–Trinajstić information content (AvgIpc) is 2.44. The van der Waals surface area contributed by atoms with Gasteiger partial charge in [-0.1, -0.05) is 11.6 Å². The molecule has 0 saturated heterocycles. The molecule has 0 radical (unpaired) electrons. The van der Waals surface area contributed by atoms with Gasteiger partial charge in [0.2, 0.25) is 0 Å². The Bertz CT molecular complexity index is 668. The fraction of sp³-hybridized carbons (Fsp3) is 0.214. The molecule has 0 aliphatic rings. The molecule has 7 heteroatoms. The predicted octanol–water partition coefficient (Wildman–Crippen LogP) is 3.28. The summed E-state index contributed by atoms with van der Waals surface area (Å²) in [7, 11) is 0. The van der Waals surface area contributed by atoms with Crippen LogP contribution in [0.15, 0.2) is 24.4 Å². The Morgan fingerprint density at radius 1 is 1.29 bits per heavy atom. The van der Waals surface area contributed by atoms with Crippen LogP contribution in [0.3, 0.4) is 0 Å². The van der Waals surface area contributed by atoms with Crippen LogP contribution in [0.2, 0.25) is 5.15 Å². The van der Waals surface area contributed by atoms with Gasteiger partial charge in [-0.05, 0) is 19.1 Å². The van der Waals surface area contributed by atoms with Crippen molar-refractivity contribution in [2.24, 2.45) is 0 Å². The van der Waals surface area contributed by atoms with Gasteiger partial charge in [-0.2, -0.15) is 0 Å². The number of aromatic nitrogens is 1. The van der Waals surface area contributed by atoms with Crippen molar-refractivity contribution in [3.8, 4) is 11.5 Å². The molecule has 112 valence electrons. The summed E-state index contributed by atoms with van der Waals surface area (Å²) in [5.74, 6) is -2.34. The fourth-order valence-corrected chi connectivity index (χ4v) is 2.06. The summed E-state index contributed by atoms with van der Waals surface area (Å²) in [5.41, 5.74) is 0.562. The third-order valence-electron chi connectivity index (χ3n) is 3.09. The lowest BCUT2D eigenvalue weighted by atomic mass is 10.1. The molecule has 21 heavy (non-hydrogen) atoms. The molecule has 3 N–H and O–H groups in total. The topological polar surface area (TPSA) is 65.4 Å². The fourth-order valence-electron chi connectivity index (χ4n) is 1.88. The van der Waals surface area contributed by atoms with Gasteiger partial charge in [0.25, 0.3) is 0 Å². The molecule has 0 bridgehead atoms. The highest BCUT2D eigenvalue weighted by Crippen LogP contribution is 2.30. The first-order chi connectivity index (χ1) is 9.90. The Morgan fingerprint density at radius 3 is 2.71 bits per heavy atom. The van der Waals surface area contributed by atoms with Gasteiger partial charge in [0.1, 0.15) is 5.75 Å². The standard InChI is InChI=1S/C14H13ClF2N2O2/c1-7(9-4-10(16)12(21)5-11(9)20)19-6-8-2-3-18-14(15)13(8)17/h2-5,7,19-21H,6H2,1H3. The van der Waals surface area contributed by atoms with Crippen LogP contribution in [-0.2, 0) is 6.54 Å². The van der Waals surface area contributed by atoms with E-state index in [2.05, 4.69) is 10.3 Å². The highest BCUT2D eigenvalue weighted by atomic mass is 35.5. The predicted molar refractivity (Wildman–Crippen MR) is 74.2 cm³/mol. The first-order valence-corrected chi connectivity index (χ1v) is 6.51. The van der Waals surface area contributed by atoms with E-state index < -0.39 is 23.4 Å². The highest BCUT2D eigenvalue weighted by molar-refractivity contribution is 6.29. The van der Waals surface area contributed by atoms with E-state index in [1.165, 1.54) is 12.3 Å². The zero-order chi connectivity index (χ0) is 15.6. The number of aromatic hydroxyl groups is 2. The van der Waals surface area contributed by atoms with Crippen molar-refractivity contribution in [1.29, 1.82) is 0 Å². The molecule has 1 unspecified atom stereocenters. The quantitative estimate of drug-likeness (QED) is 0.758. The van der Waals surface area contributed by atoms with Crippen LogP contribution in [-0.4, -0.2) is 15.2 Å². The number of phenolic OH excluding ortho intramolecular Hbond substituents is 2. The van der Waals surface area contributed by atoms with Crippen molar-refractivity contribution in [2.45, 2.75) is 19.5 Å². The molecule has 4 nitrogen and oxygen atoms in total. The molecule has 0 fully saturated rings. The second-order valence-corrected chi connectivity index (χ2v) is 4.90. The molecule has 0 spiro atoms. The normalized spacial score (nSPS) is 12.4. The molecule has 0 saturated carbocycles. The summed E-state index contributed by atoms with van der Waals surface area (Å²) in [5, 5.41) is 21.6. The number of nitrogens with one attached hydrogen (secondary N) is 1. The SMILES string of the molecule is CC(NCc1ccnc(Cl)c1F)c1cc(F)c(O)cc1O. The van der Waals surface area contributed by atoms with E-state index in [0.29, 0.717) is 5.56 Å². The Morgan fingerprint density at radius 2 is 2.00 bits per heavy atom. The molecular weight excluding hydrogens is 302 g/mol. The molecule has 1 heterocycles. The molecule has 1 aromatic heterocycles. The van der Waals surface area contributed by atoms with Crippen molar-refractivity contribution in [3.05, 3.63) is 52.3 Å². The van der Waals surface area contributed by atoms with Crippen molar-refractivity contribution in [1.82, 2.24) is 10.3 Å². The van der Waals surface area contributed by atoms with Gasteiger partial charge in [0, 0.05) is 36.0 Å². The minimum Gasteiger partial charge on any atom is -0.507 e. The number of rotatable bonds is 4. The molecule has 2 rings (SSSR count). The lowest BCUT2D eigenvalue weighted by molar-refractivity contribution is 0.409. The maximum atomic E-state index is 13.7. The summed E-state index contributed by atoms with van der Waals surface area (Å²) in [6.07, 6.45) is 1.38. The van der Waals surface area contributed by atoms with E-state index in [1.807, 2.05) is 0 Å². The van der Waals surface area contributed by atoms with Crippen molar-refractivity contribution in [2.75, 3.05) is 0 Å². The number of hydrogen-bond donors (Lipinski definition) is 3. The molecular formula is C14H13ClF2N2O2. The lowest BCUT2D eigenvalue weighted by Gasteiger charge is -2.16. The van der Waals surface area contributed by atoms with Crippen molar-refractivity contribution >= 4 is 11.6 Å². The summed E-state index contributed by atoms with van der Waals surface area (Å²) in [6, 6.07) is 2.95. The minimum absolute atomic E-state index is 0.122. The van der Waals surface area contributed by atoms with Gasteiger partial charge in [0.15, 0.2) is 22.5 Å². The van der Waals surface area contributed by atoms with Crippen LogP contribution in [0.4, 0.5) is 8.78 Å². The second-order valence-electron chi connectivity index (χ2n) is 4.54. The van der Waals surface area contributed by atoms with Crippen molar-refractivity contribution in [3.63, 3.8) is 0 Å². The number of phenols is 2. The zero-order valence-corrected chi connectivity index (χ0v) is 11.8. The van der Waals surface area contributed by atoms with E-state index >= 15 is 0 Å². The number of benzene rings is 1. The van der Waals surface area contributed by atoms with Gasteiger partial charge in [-0.25, -0.2) is 13.8 Å². The van der Waals surface area contributed by atoms with Crippen LogP contribution < -0.4 is 5.32 Å². The Balaban J connectivity index is 2.13. The van der Waals surface area contributed by atoms with Crippen LogP contribution >= 0.6 is 11.6 Å². The number of hydrogen-bond acceptors (Lipinski definition) is 4. The average molecular weight is 315 g/mol. The Hall–Kier alpha value is -1.92. The van der Waals surface area contributed by atoms with E-state index in [4.69, 9.17) is 16.7 Å². The molecule has 0 aliphatic heterocycles. The van der Waals surface area contributed by atoms with Gasteiger partial charge in [-0.3, -0.25) is 0 Å². The van der Waals surface area contributed by atoms with E-state index in [-0.39, 0.29) is 23.0 Å². The molecule has 0 amide bonds. The number of pyridine rings is 1. The first-order valence-electron chi connectivity index (χ1n) is 6.13. The van der Waals surface area contributed by atoms with Gasteiger partial charge in [-0.15, -0.1) is 0 Å². The lowest BCUT2D eigenvalue weighted by Crippen LogP contribution is -2.19. The number of nitrogens with zero attached hydrogens (tertiary/aromatic N) is 1. The summed E-state index contributed by atoms with van der Waals surface area (Å²) < 4.78 is 27.0. The van der Waals surface area contributed by atoms with Gasteiger partial charge < -0.3 is 15.5 Å². The van der Waals surface area contributed by atoms with Crippen LogP contribution in [0.5, 0.6) is 11.5 Å². The minimum atomic E-state index is -0.838. The molecule has 1 atom stereocenters. The summed E-state index contributed by atoms with van der Waals surface area (Å²) in [6.45, 7) is 1.80. The third-order valence-corrected chi connectivity index (χ3v) is 3.35. The summed E-state index contributed by atoms with van der Waals surface area (Å²) in [4.78, 5) is 3.61. The van der Waals surface area contributed by atoms with E-state index in [1.54, 1.807) is 6.92 Å². The monoisotopic (exact) mass is 314 g/mol. The van der Waals surface area contributed by atoms with Crippen LogP contribution in [0, 0.1) is 11.6 Å². The van der Waals surface area contributed by atoms with E-state index in [0.717, 1.165) is 12.1 Å². The van der Waals surface area contributed by atoms with Crippen LogP contribution in [0.1, 0.15) is 24.1 Å². The van der Waals surface area contributed by atoms with Crippen LogP contribution in [0.25, 0.3) is 0 Å². The zero-order valence-electron chi connectivity index (χ0n) is 11.1. The van der Waals surface area contributed by atoms with Crippen molar-refractivity contribution < 1.29 is 19.0 Å². The third kappa shape index (κ3) is 3.40. The second kappa shape index (κ2) is 6.24. The van der Waals surface area contributed by atoms with E-state index in [9.17, 15) is 13.9 Å². The molecule has 1 aromatic carbocycles. The Kier molecular flexibility index (Phi) is 4.59. The first kappa shape index (κ1) is 15.5. The van der Waals surface area contributed by atoms with Gasteiger partial charge in [0.05, 0.1) is 0 Å². The smallest absolute Gasteiger partial charge is 0.165 e. The summed E-state index contributed by atoms with van der Waals surface area (Å²) >= 11 is 5.58. The van der Waals surface area contributed by atoms with Gasteiger partial charge >= 0.3 is 0 Å². The number of halogens is 3. The molecule has 2 aromatic rings. The molecule has 0 aliphatic carbocycles.